The lowest BCUT2D eigenvalue weighted by Crippen LogP contribution is -2.43. The number of para-hydroxylation sites is 2. The number of carbonyl (C=O) groups excluding carboxylic acids is 1. The van der Waals surface area contributed by atoms with E-state index >= 15 is 0 Å². The highest BCUT2D eigenvalue weighted by atomic mass is 19.1. The second-order valence-electron chi connectivity index (χ2n) is 7.68. The quantitative estimate of drug-likeness (QED) is 0.440. The van der Waals surface area contributed by atoms with E-state index in [0.29, 0.717) is 18.5 Å². The number of carbonyl (C=O) groups is 1. The van der Waals surface area contributed by atoms with Crippen molar-refractivity contribution in [3.63, 3.8) is 0 Å². The molecule has 4 nitrogen and oxygen atoms in total. The fourth-order valence-electron chi connectivity index (χ4n) is 4.38. The predicted molar refractivity (Wildman–Crippen MR) is 117 cm³/mol. The number of anilines is 1. The zero-order valence-electron chi connectivity index (χ0n) is 16.7. The number of H-pyrrole nitrogens is 1. The molecule has 2 amide bonds. The SMILES string of the molecule is Cc1ccccc1NC(=O)N1CCc2c([nH]c3ccccc23)C1c1ccccc1F. The van der Waals surface area contributed by atoms with Gasteiger partial charge in [-0.3, -0.25) is 0 Å². The molecule has 0 bridgehead atoms. The third-order valence-corrected chi connectivity index (χ3v) is 5.88. The van der Waals surface area contributed by atoms with Crippen molar-refractivity contribution < 1.29 is 9.18 Å². The number of aromatic amines is 1. The summed E-state index contributed by atoms with van der Waals surface area (Å²) in [5, 5.41) is 4.15. The minimum atomic E-state index is -0.522. The van der Waals surface area contributed by atoms with Crippen LogP contribution in [-0.2, 0) is 6.42 Å². The van der Waals surface area contributed by atoms with Crippen LogP contribution in [0.1, 0.15) is 28.4 Å². The molecule has 1 atom stereocenters. The van der Waals surface area contributed by atoms with Crippen LogP contribution in [0.4, 0.5) is 14.9 Å². The molecule has 0 fully saturated rings. The van der Waals surface area contributed by atoms with Crippen LogP contribution in [0.5, 0.6) is 0 Å². The second kappa shape index (κ2) is 7.34. The number of nitrogens with zero attached hydrogens (tertiary/aromatic N) is 1. The summed E-state index contributed by atoms with van der Waals surface area (Å²) in [6.45, 7) is 2.46. The first-order valence-electron chi connectivity index (χ1n) is 10.1. The molecule has 0 saturated heterocycles. The zero-order chi connectivity index (χ0) is 20.7. The number of halogens is 1. The molecule has 3 aromatic carbocycles. The predicted octanol–water partition coefficient (Wildman–Crippen LogP) is 5.80. The first kappa shape index (κ1) is 18.4. The van der Waals surface area contributed by atoms with E-state index < -0.39 is 6.04 Å². The van der Waals surface area contributed by atoms with Crippen LogP contribution in [-0.4, -0.2) is 22.5 Å². The average Bonchev–Trinajstić information content (AvgIpc) is 3.14. The van der Waals surface area contributed by atoms with Crippen LogP contribution in [0.2, 0.25) is 0 Å². The first-order chi connectivity index (χ1) is 14.6. The summed E-state index contributed by atoms with van der Waals surface area (Å²) < 4.78 is 14.9. The van der Waals surface area contributed by atoms with Crippen molar-refractivity contribution in [1.29, 1.82) is 0 Å². The van der Waals surface area contributed by atoms with Crippen molar-refractivity contribution in [1.82, 2.24) is 9.88 Å². The molecule has 5 rings (SSSR count). The van der Waals surface area contributed by atoms with Crippen LogP contribution in [0.3, 0.4) is 0 Å². The molecule has 4 aromatic rings. The van der Waals surface area contributed by atoms with Crippen molar-refractivity contribution in [3.8, 4) is 0 Å². The maximum absolute atomic E-state index is 14.9. The monoisotopic (exact) mass is 399 g/mol. The topological polar surface area (TPSA) is 48.1 Å². The number of rotatable bonds is 2. The summed E-state index contributed by atoms with van der Waals surface area (Å²) in [6.07, 6.45) is 0.714. The van der Waals surface area contributed by atoms with E-state index in [0.717, 1.165) is 33.4 Å². The Labute approximate surface area is 174 Å². The van der Waals surface area contributed by atoms with Gasteiger partial charge in [-0.25, -0.2) is 9.18 Å². The Hall–Kier alpha value is -3.60. The number of nitrogens with one attached hydrogen (secondary N) is 2. The Bertz CT molecular complexity index is 1250. The van der Waals surface area contributed by atoms with E-state index in [1.54, 1.807) is 17.0 Å². The fourth-order valence-corrected chi connectivity index (χ4v) is 4.38. The molecule has 1 aliphatic heterocycles. The molecule has 5 heteroatoms. The van der Waals surface area contributed by atoms with E-state index in [1.807, 2.05) is 55.5 Å². The summed E-state index contributed by atoms with van der Waals surface area (Å²) >= 11 is 0. The lowest BCUT2D eigenvalue weighted by Gasteiger charge is -2.36. The molecule has 30 heavy (non-hydrogen) atoms. The van der Waals surface area contributed by atoms with E-state index in [1.165, 1.54) is 6.07 Å². The molecule has 0 saturated carbocycles. The first-order valence-corrected chi connectivity index (χ1v) is 10.1. The van der Waals surface area contributed by atoms with Crippen molar-refractivity contribution in [2.24, 2.45) is 0 Å². The second-order valence-corrected chi connectivity index (χ2v) is 7.68. The van der Waals surface area contributed by atoms with Crippen LogP contribution in [0, 0.1) is 12.7 Å². The molecule has 1 unspecified atom stereocenters. The maximum atomic E-state index is 14.9. The van der Waals surface area contributed by atoms with Gasteiger partial charge in [0.05, 0.1) is 0 Å². The summed E-state index contributed by atoms with van der Waals surface area (Å²) in [5.41, 5.74) is 5.27. The highest BCUT2D eigenvalue weighted by Crippen LogP contribution is 2.39. The number of fused-ring (bicyclic) bond motifs is 3. The van der Waals surface area contributed by atoms with Gasteiger partial charge in [0, 0.05) is 34.4 Å². The molecular formula is C25H22FN3O. The Morgan fingerprint density at radius 3 is 2.60 bits per heavy atom. The molecule has 150 valence electrons. The van der Waals surface area contributed by atoms with Crippen molar-refractivity contribution in [2.45, 2.75) is 19.4 Å². The highest BCUT2D eigenvalue weighted by Gasteiger charge is 2.36. The van der Waals surface area contributed by atoms with Crippen LogP contribution < -0.4 is 5.32 Å². The van der Waals surface area contributed by atoms with Gasteiger partial charge in [-0.05, 0) is 42.7 Å². The molecule has 2 heterocycles. The maximum Gasteiger partial charge on any atom is 0.322 e. The zero-order valence-corrected chi connectivity index (χ0v) is 16.7. The molecule has 2 N–H and O–H groups in total. The standard InChI is InChI=1S/C25H22FN3O/c1-16-8-2-6-12-21(16)28-25(30)29-15-14-18-17-9-4-7-13-22(17)27-23(18)24(29)19-10-3-5-11-20(19)26/h2-13,24,27H,14-15H2,1H3,(H,28,30). The fraction of sp³-hybridized carbons (Fsp3) is 0.160. The number of aromatic nitrogens is 1. The molecule has 0 radical (unpaired) electrons. The number of amides is 2. The number of hydrogen-bond acceptors (Lipinski definition) is 1. The van der Waals surface area contributed by atoms with Gasteiger partial charge in [0.25, 0.3) is 0 Å². The van der Waals surface area contributed by atoms with E-state index in [9.17, 15) is 9.18 Å². The summed E-state index contributed by atoms with van der Waals surface area (Å²) in [4.78, 5) is 18.5. The Balaban J connectivity index is 1.61. The molecular weight excluding hydrogens is 377 g/mol. The smallest absolute Gasteiger partial charge is 0.322 e. The van der Waals surface area contributed by atoms with Gasteiger partial charge in [-0.15, -0.1) is 0 Å². The summed E-state index contributed by atoms with van der Waals surface area (Å²) in [6, 6.07) is 21.7. The summed E-state index contributed by atoms with van der Waals surface area (Å²) in [7, 11) is 0. The normalized spacial score (nSPS) is 15.8. The van der Waals surface area contributed by atoms with Crippen molar-refractivity contribution >= 4 is 22.6 Å². The van der Waals surface area contributed by atoms with Gasteiger partial charge in [0.2, 0.25) is 0 Å². The van der Waals surface area contributed by atoms with Gasteiger partial charge >= 0.3 is 6.03 Å². The third kappa shape index (κ3) is 3.03. The molecule has 0 spiro atoms. The van der Waals surface area contributed by atoms with Crippen LogP contribution >= 0.6 is 0 Å². The van der Waals surface area contributed by atoms with Gasteiger partial charge in [-0.2, -0.15) is 0 Å². The number of benzene rings is 3. The molecule has 1 aliphatic rings. The van der Waals surface area contributed by atoms with Gasteiger partial charge in [0.15, 0.2) is 0 Å². The van der Waals surface area contributed by atoms with Gasteiger partial charge in [-0.1, -0.05) is 54.6 Å². The average molecular weight is 399 g/mol. The Morgan fingerprint density at radius 2 is 1.77 bits per heavy atom. The highest BCUT2D eigenvalue weighted by molar-refractivity contribution is 5.92. The lowest BCUT2D eigenvalue weighted by molar-refractivity contribution is 0.192. The lowest BCUT2D eigenvalue weighted by atomic mass is 9.92. The largest absolute Gasteiger partial charge is 0.356 e. The number of aryl methyl sites for hydroxylation is 1. The number of hydrogen-bond donors (Lipinski definition) is 2. The van der Waals surface area contributed by atoms with E-state index in [-0.39, 0.29) is 11.8 Å². The van der Waals surface area contributed by atoms with Gasteiger partial charge < -0.3 is 15.2 Å². The molecule has 0 aliphatic carbocycles. The van der Waals surface area contributed by atoms with Crippen molar-refractivity contribution in [3.05, 3.63) is 101 Å². The van der Waals surface area contributed by atoms with E-state index in [2.05, 4.69) is 16.4 Å². The minimum Gasteiger partial charge on any atom is -0.356 e. The Kier molecular flexibility index (Phi) is 4.51. The minimum absolute atomic E-state index is 0.234. The summed E-state index contributed by atoms with van der Waals surface area (Å²) in [5.74, 6) is -0.317. The van der Waals surface area contributed by atoms with E-state index in [4.69, 9.17) is 0 Å². The van der Waals surface area contributed by atoms with Crippen LogP contribution in [0.15, 0.2) is 72.8 Å². The number of urea groups is 1. The third-order valence-electron chi connectivity index (χ3n) is 5.88. The van der Waals surface area contributed by atoms with Crippen molar-refractivity contribution in [2.75, 3.05) is 11.9 Å². The van der Waals surface area contributed by atoms with Gasteiger partial charge in [0.1, 0.15) is 11.9 Å². The molecule has 1 aromatic heterocycles. The van der Waals surface area contributed by atoms with Crippen LogP contribution in [0.25, 0.3) is 10.9 Å². The Morgan fingerprint density at radius 1 is 1.03 bits per heavy atom.